The van der Waals surface area contributed by atoms with Gasteiger partial charge in [-0.1, -0.05) is 18.2 Å². The number of hydrogen-bond donors (Lipinski definition) is 2. The van der Waals surface area contributed by atoms with E-state index in [9.17, 15) is 19.5 Å². The summed E-state index contributed by atoms with van der Waals surface area (Å²) in [5.41, 5.74) is 3.80. The first-order chi connectivity index (χ1) is 11.9. The van der Waals surface area contributed by atoms with Gasteiger partial charge < -0.3 is 15.3 Å². The van der Waals surface area contributed by atoms with Gasteiger partial charge in [-0.15, -0.1) is 0 Å². The van der Waals surface area contributed by atoms with E-state index in [2.05, 4.69) is 0 Å². The number of benzene rings is 1. The molecular formula is C18H16N2O5. The molecule has 0 bridgehead atoms. The average Bonchev–Trinajstić information content (AvgIpc) is 3.16. The Bertz CT molecular complexity index is 856. The quantitative estimate of drug-likeness (QED) is 0.761. The highest BCUT2D eigenvalue weighted by Gasteiger charge is 2.50. The van der Waals surface area contributed by atoms with E-state index in [0.717, 1.165) is 4.90 Å². The lowest BCUT2D eigenvalue weighted by Gasteiger charge is -2.21. The number of amides is 2. The van der Waals surface area contributed by atoms with E-state index in [0.29, 0.717) is 11.4 Å². The molecule has 1 aliphatic rings. The van der Waals surface area contributed by atoms with Crippen LogP contribution >= 0.6 is 0 Å². The van der Waals surface area contributed by atoms with Crippen molar-refractivity contribution in [2.75, 3.05) is 11.4 Å². The van der Waals surface area contributed by atoms with E-state index < -0.39 is 29.6 Å². The average molecular weight is 340 g/mol. The van der Waals surface area contributed by atoms with Crippen LogP contribution in [0.5, 0.6) is 0 Å². The predicted octanol–water partition coefficient (Wildman–Crippen LogP) is 0.972. The van der Waals surface area contributed by atoms with E-state index in [-0.39, 0.29) is 12.1 Å². The molecule has 2 heterocycles. The molecule has 3 rings (SSSR count). The molecule has 1 atom stereocenters. The van der Waals surface area contributed by atoms with Gasteiger partial charge in [-0.2, -0.15) is 0 Å². The molecule has 7 heteroatoms. The van der Waals surface area contributed by atoms with E-state index in [1.165, 1.54) is 18.4 Å². The maximum Gasteiger partial charge on any atom is 0.264 e. The molecule has 2 amide bonds. The van der Waals surface area contributed by atoms with Crippen LogP contribution in [0.15, 0.2) is 53.2 Å². The molecule has 1 aromatic carbocycles. The minimum absolute atomic E-state index is 0.279. The van der Waals surface area contributed by atoms with E-state index >= 15 is 0 Å². The molecule has 0 spiro atoms. The zero-order valence-electron chi connectivity index (χ0n) is 13.2. The fraction of sp³-hybridized carbons (Fsp3) is 0.167. The molecule has 1 aromatic heterocycles. The summed E-state index contributed by atoms with van der Waals surface area (Å²) in [6.45, 7) is -0.366. The van der Waals surface area contributed by atoms with Crippen molar-refractivity contribution in [3.63, 3.8) is 0 Å². The Balaban J connectivity index is 1.88. The fourth-order valence-corrected chi connectivity index (χ4v) is 2.86. The molecule has 1 aliphatic heterocycles. The summed E-state index contributed by atoms with van der Waals surface area (Å²) < 4.78 is 5.09. The van der Waals surface area contributed by atoms with Crippen LogP contribution in [0, 0.1) is 0 Å². The van der Waals surface area contributed by atoms with Gasteiger partial charge in [-0.3, -0.25) is 19.3 Å². The number of hydrogen-bond acceptors (Lipinski definition) is 5. The molecule has 0 saturated carbocycles. The van der Waals surface area contributed by atoms with Crippen molar-refractivity contribution in [1.29, 1.82) is 0 Å². The molecule has 3 N–H and O–H groups in total. The van der Waals surface area contributed by atoms with Crippen molar-refractivity contribution < 1.29 is 23.9 Å². The number of anilines is 1. The van der Waals surface area contributed by atoms with Crippen molar-refractivity contribution >= 4 is 29.4 Å². The molecule has 0 unspecified atom stereocenters. The second-order valence-corrected chi connectivity index (χ2v) is 5.73. The molecule has 0 aliphatic carbocycles. The topological polar surface area (TPSA) is 114 Å². The number of fused-ring (bicyclic) bond motifs is 1. The van der Waals surface area contributed by atoms with E-state index in [1.807, 2.05) is 0 Å². The number of para-hydroxylation sites is 1. The second kappa shape index (κ2) is 6.37. The number of ketones is 1. The third kappa shape index (κ3) is 3.09. The van der Waals surface area contributed by atoms with Crippen molar-refractivity contribution in [3.05, 3.63) is 60.1 Å². The van der Waals surface area contributed by atoms with Gasteiger partial charge in [0.1, 0.15) is 12.3 Å². The number of primary amides is 1. The number of carbonyl (C=O) groups excluding carboxylic acids is 3. The molecule has 0 saturated heterocycles. The standard InChI is InChI=1S/C18H16N2O5/c19-16(22)11-20-15-6-2-1-5-14(15)18(24,17(20)23)10-12(21)7-8-13-4-3-9-25-13/h1-9,24H,10-11H2,(H2,19,22)/b8-7+/t18-/m1/s1. The van der Waals surface area contributed by atoms with E-state index in [4.69, 9.17) is 10.2 Å². The first-order valence-electron chi connectivity index (χ1n) is 7.58. The first-order valence-corrected chi connectivity index (χ1v) is 7.58. The zero-order chi connectivity index (χ0) is 18.0. The Morgan fingerprint density at radius 2 is 2.00 bits per heavy atom. The molecule has 7 nitrogen and oxygen atoms in total. The summed E-state index contributed by atoms with van der Waals surface area (Å²) in [7, 11) is 0. The third-order valence-electron chi connectivity index (χ3n) is 3.96. The lowest BCUT2D eigenvalue weighted by molar-refractivity contribution is -0.141. The summed E-state index contributed by atoms with van der Waals surface area (Å²) in [5.74, 6) is -1.43. The zero-order valence-corrected chi connectivity index (χ0v) is 13.2. The Morgan fingerprint density at radius 3 is 2.68 bits per heavy atom. The highest BCUT2D eigenvalue weighted by Crippen LogP contribution is 2.42. The summed E-state index contributed by atoms with van der Waals surface area (Å²) in [5, 5.41) is 10.9. The van der Waals surface area contributed by atoms with Gasteiger partial charge in [0.2, 0.25) is 5.91 Å². The van der Waals surface area contributed by atoms with Crippen LogP contribution in [0.25, 0.3) is 6.08 Å². The normalized spacial score (nSPS) is 19.4. The first kappa shape index (κ1) is 16.7. The monoisotopic (exact) mass is 340 g/mol. The van der Waals surface area contributed by atoms with Crippen LogP contribution in [0.4, 0.5) is 5.69 Å². The van der Waals surface area contributed by atoms with Crippen molar-refractivity contribution in [3.8, 4) is 0 Å². The van der Waals surface area contributed by atoms with Gasteiger partial charge in [0.05, 0.1) is 18.4 Å². The second-order valence-electron chi connectivity index (χ2n) is 5.73. The summed E-state index contributed by atoms with van der Waals surface area (Å²) in [4.78, 5) is 37.2. The molecular weight excluding hydrogens is 324 g/mol. The van der Waals surface area contributed by atoms with Crippen LogP contribution in [0.3, 0.4) is 0 Å². The Kier molecular flexibility index (Phi) is 4.24. The fourth-order valence-electron chi connectivity index (χ4n) is 2.86. The molecule has 0 fully saturated rings. The lowest BCUT2D eigenvalue weighted by atomic mass is 9.90. The SMILES string of the molecule is NC(=O)CN1C(=O)[C@@](O)(CC(=O)/C=C/c2ccco2)c2ccccc21. The molecule has 25 heavy (non-hydrogen) atoms. The van der Waals surface area contributed by atoms with Gasteiger partial charge in [-0.25, -0.2) is 0 Å². The van der Waals surface area contributed by atoms with Crippen molar-refractivity contribution in [2.45, 2.75) is 12.0 Å². The van der Waals surface area contributed by atoms with Gasteiger partial charge >= 0.3 is 0 Å². The van der Waals surface area contributed by atoms with Gasteiger partial charge in [0.25, 0.3) is 5.91 Å². The predicted molar refractivity (Wildman–Crippen MR) is 89.3 cm³/mol. The molecule has 0 radical (unpaired) electrons. The Hall–Kier alpha value is -3.19. The molecule has 2 aromatic rings. The minimum atomic E-state index is -2.03. The van der Waals surface area contributed by atoms with Crippen molar-refractivity contribution in [1.82, 2.24) is 0 Å². The highest BCUT2D eigenvalue weighted by atomic mass is 16.3. The largest absolute Gasteiger partial charge is 0.465 e. The minimum Gasteiger partial charge on any atom is -0.465 e. The van der Waals surface area contributed by atoms with Crippen LogP contribution in [0.1, 0.15) is 17.7 Å². The van der Waals surface area contributed by atoms with Crippen LogP contribution in [-0.2, 0) is 20.0 Å². The van der Waals surface area contributed by atoms with Gasteiger partial charge in [0.15, 0.2) is 11.4 Å². The Morgan fingerprint density at radius 1 is 1.24 bits per heavy atom. The number of aliphatic hydroxyl groups is 1. The van der Waals surface area contributed by atoms with E-state index in [1.54, 1.807) is 36.4 Å². The van der Waals surface area contributed by atoms with Gasteiger partial charge in [-0.05, 0) is 30.4 Å². The Labute approximate surface area is 143 Å². The molecule has 128 valence electrons. The summed E-state index contributed by atoms with van der Waals surface area (Å²) in [6, 6.07) is 9.81. The number of furan rings is 1. The highest BCUT2D eigenvalue weighted by molar-refractivity contribution is 6.12. The number of rotatable bonds is 6. The number of nitrogens with two attached hydrogens (primary N) is 1. The van der Waals surface area contributed by atoms with Crippen LogP contribution < -0.4 is 10.6 Å². The summed E-state index contributed by atoms with van der Waals surface area (Å²) >= 11 is 0. The third-order valence-corrected chi connectivity index (χ3v) is 3.96. The van der Waals surface area contributed by atoms with Crippen LogP contribution in [0.2, 0.25) is 0 Å². The number of carbonyl (C=O) groups is 3. The maximum atomic E-state index is 12.7. The lowest BCUT2D eigenvalue weighted by Crippen LogP contribution is -2.44. The van der Waals surface area contributed by atoms with Crippen LogP contribution in [-0.4, -0.2) is 29.2 Å². The van der Waals surface area contributed by atoms with Crippen molar-refractivity contribution in [2.24, 2.45) is 5.73 Å². The number of allylic oxidation sites excluding steroid dienone is 1. The summed E-state index contributed by atoms with van der Waals surface area (Å²) in [6.07, 6.45) is 3.72. The smallest absolute Gasteiger partial charge is 0.264 e. The van der Waals surface area contributed by atoms with Gasteiger partial charge in [0, 0.05) is 5.56 Å². The number of nitrogens with zero attached hydrogens (tertiary/aromatic N) is 1. The maximum absolute atomic E-state index is 12.7.